The van der Waals surface area contributed by atoms with Crippen LogP contribution in [0.1, 0.15) is 22.3 Å². The number of aryl methyl sites for hydroxylation is 1. The summed E-state index contributed by atoms with van der Waals surface area (Å²) in [5.41, 5.74) is 1.57. The summed E-state index contributed by atoms with van der Waals surface area (Å²) in [5.74, 6) is 0.195. The highest BCUT2D eigenvalue weighted by atomic mass is 16.5. The molecule has 0 saturated carbocycles. The van der Waals surface area contributed by atoms with Gasteiger partial charge in [-0.2, -0.15) is 0 Å². The van der Waals surface area contributed by atoms with Crippen LogP contribution in [-0.4, -0.2) is 25.5 Å². The number of benzene rings is 3. The molecule has 0 atom stereocenters. The molecule has 132 valence electrons. The van der Waals surface area contributed by atoms with Crippen LogP contribution in [0, 0.1) is 0 Å². The van der Waals surface area contributed by atoms with E-state index in [2.05, 4.69) is 0 Å². The van der Waals surface area contributed by atoms with Gasteiger partial charge in [0.1, 0.15) is 5.75 Å². The Bertz CT molecular complexity index is 913. The Labute approximate surface area is 152 Å². The predicted octanol–water partition coefficient (Wildman–Crippen LogP) is 4.21. The second kappa shape index (κ2) is 8.30. The molecule has 3 rings (SSSR count). The Morgan fingerprint density at radius 1 is 0.885 bits per heavy atom. The van der Waals surface area contributed by atoms with Crippen molar-refractivity contribution in [3.63, 3.8) is 0 Å². The molecule has 26 heavy (non-hydrogen) atoms. The van der Waals surface area contributed by atoms with Gasteiger partial charge in [0.15, 0.2) is 12.4 Å². The minimum Gasteiger partial charge on any atom is -0.497 e. The normalized spacial score (nSPS) is 10.5. The number of carbonyl (C=O) groups excluding carboxylic acids is 2. The molecule has 0 N–H and O–H groups in total. The lowest BCUT2D eigenvalue weighted by molar-refractivity contribution is -0.142. The highest BCUT2D eigenvalue weighted by Gasteiger charge is 2.11. The van der Waals surface area contributed by atoms with Gasteiger partial charge in [0.25, 0.3) is 0 Å². The summed E-state index contributed by atoms with van der Waals surface area (Å²) in [6, 6.07) is 20.8. The van der Waals surface area contributed by atoms with Gasteiger partial charge in [0.05, 0.1) is 7.11 Å². The second-order valence-electron chi connectivity index (χ2n) is 5.99. The number of ketones is 1. The topological polar surface area (TPSA) is 52.6 Å². The summed E-state index contributed by atoms with van der Waals surface area (Å²) in [4.78, 5) is 24.1. The van der Waals surface area contributed by atoms with Crippen LogP contribution >= 0.6 is 0 Å². The van der Waals surface area contributed by atoms with Crippen LogP contribution in [0.5, 0.6) is 5.75 Å². The van der Waals surface area contributed by atoms with E-state index in [1.165, 1.54) is 0 Å². The quantitative estimate of drug-likeness (QED) is 0.474. The van der Waals surface area contributed by atoms with E-state index in [4.69, 9.17) is 9.47 Å². The minimum absolute atomic E-state index is 0.200. The summed E-state index contributed by atoms with van der Waals surface area (Å²) in [6.07, 6.45) is 0.796. The van der Waals surface area contributed by atoms with E-state index >= 15 is 0 Å². The van der Waals surface area contributed by atoms with Crippen molar-refractivity contribution < 1.29 is 19.1 Å². The maximum Gasteiger partial charge on any atom is 0.306 e. The monoisotopic (exact) mass is 348 g/mol. The summed E-state index contributed by atoms with van der Waals surface area (Å²) >= 11 is 0. The van der Waals surface area contributed by atoms with Gasteiger partial charge in [-0.1, -0.05) is 48.5 Å². The van der Waals surface area contributed by atoms with Crippen molar-refractivity contribution in [3.05, 3.63) is 77.9 Å². The number of hydrogen-bond donors (Lipinski definition) is 0. The first-order valence-corrected chi connectivity index (χ1v) is 8.46. The molecule has 0 aliphatic rings. The molecule has 0 heterocycles. The summed E-state index contributed by atoms with van der Waals surface area (Å²) in [6.45, 7) is -0.236. The fourth-order valence-electron chi connectivity index (χ4n) is 2.70. The number of carbonyl (C=O) groups is 2. The number of methoxy groups -OCH3 is 1. The highest BCUT2D eigenvalue weighted by molar-refractivity contribution is 6.01. The molecule has 4 heteroatoms. The molecule has 0 aliphatic carbocycles. The Morgan fingerprint density at radius 3 is 2.35 bits per heavy atom. The fourth-order valence-corrected chi connectivity index (χ4v) is 2.70. The second-order valence-corrected chi connectivity index (χ2v) is 5.99. The number of ether oxygens (including phenoxy) is 2. The molecule has 0 amide bonds. The Hall–Kier alpha value is -3.14. The van der Waals surface area contributed by atoms with Crippen molar-refractivity contribution >= 4 is 22.5 Å². The Kier molecular flexibility index (Phi) is 5.64. The molecule has 3 aromatic carbocycles. The number of Topliss-reactive ketones (excluding diaryl/α,β-unsaturated/α-hetero) is 1. The lowest BCUT2D eigenvalue weighted by atomic mass is 10.0. The third-order valence-corrected chi connectivity index (χ3v) is 4.21. The van der Waals surface area contributed by atoms with E-state index in [9.17, 15) is 9.59 Å². The van der Waals surface area contributed by atoms with Gasteiger partial charge < -0.3 is 9.47 Å². The van der Waals surface area contributed by atoms with Crippen molar-refractivity contribution in [3.8, 4) is 5.75 Å². The molecule has 0 aromatic heterocycles. The van der Waals surface area contributed by atoms with Gasteiger partial charge in [0.2, 0.25) is 0 Å². The molecule has 3 aromatic rings. The molecular formula is C22H20O4. The van der Waals surface area contributed by atoms with E-state index in [0.717, 1.165) is 22.1 Å². The van der Waals surface area contributed by atoms with E-state index < -0.39 is 0 Å². The van der Waals surface area contributed by atoms with Crippen molar-refractivity contribution in [2.24, 2.45) is 0 Å². The van der Waals surface area contributed by atoms with E-state index in [-0.39, 0.29) is 24.8 Å². The van der Waals surface area contributed by atoms with Gasteiger partial charge in [-0.15, -0.1) is 0 Å². The molecule has 0 aliphatic heterocycles. The summed E-state index contributed by atoms with van der Waals surface area (Å²) in [5, 5.41) is 2.06. The zero-order valence-corrected chi connectivity index (χ0v) is 14.6. The van der Waals surface area contributed by atoms with Crippen LogP contribution in [0.25, 0.3) is 10.8 Å². The van der Waals surface area contributed by atoms with Crippen LogP contribution in [0.15, 0.2) is 66.7 Å². The Morgan fingerprint density at radius 2 is 1.62 bits per heavy atom. The number of rotatable bonds is 7. The van der Waals surface area contributed by atoms with Crippen LogP contribution in [-0.2, 0) is 16.0 Å². The van der Waals surface area contributed by atoms with Gasteiger partial charge in [-0.25, -0.2) is 0 Å². The first kappa shape index (κ1) is 17.7. The van der Waals surface area contributed by atoms with Gasteiger partial charge in [-0.3, -0.25) is 9.59 Å². The van der Waals surface area contributed by atoms with Crippen molar-refractivity contribution in [2.45, 2.75) is 12.8 Å². The first-order valence-electron chi connectivity index (χ1n) is 8.46. The first-order chi connectivity index (χ1) is 12.7. The third-order valence-electron chi connectivity index (χ3n) is 4.21. The van der Waals surface area contributed by atoms with E-state index in [1.807, 2.05) is 60.7 Å². The number of hydrogen-bond acceptors (Lipinski definition) is 4. The van der Waals surface area contributed by atoms with Crippen LogP contribution in [0.2, 0.25) is 0 Å². The lowest BCUT2D eigenvalue weighted by Gasteiger charge is -2.06. The van der Waals surface area contributed by atoms with Crippen LogP contribution < -0.4 is 4.74 Å². The lowest BCUT2D eigenvalue weighted by Crippen LogP contribution is -2.14. The number of esters is 1. The Balaban J connectivity index is 1.50. The van der Waals surface area contributed by atoms with Crippen LogP contribution in [0.4, 0.5) is 0 Å². The zero-order valence-electron chi connectivity index (χ0n) is 14.6. The molecule has 0 saturated heterocycles. The number of fused-ring (bicyclic) bond motifs is 1. The van der Waals surface area contributed by atoms with Crippen LogP contribution in [0.3, 0.4) is 0 Å². The van der Waals surface area contributed by atoms with E-state index in [0.29, 0.717) is 12.0 Å². The standard InChI is InChI=1S/C22H20O4/c1-25-20-11-6-16(7-12-20)8-13-22(24)26-15-21(23)19-10-9-17-4-2-3-5-18(17)14-19/h2-7,9-12,14H,8,13,15H2,1H3. The fraction of sp³-hybridized carbons (Fsp3) is 0.182. The van der Waals surface area contributed by atoms with Gasteiger partial charge >= 0.3 is 5.97 Å². The highest BCUT2D eigenvalue weighted by Crippen LogP contribution is 2.16. The van der Waals surface area contributed by atoms with Gasteiger partial charge in [-0.05, 0) is 41.0 Å². The molecule has 0 bridgehead atoms. The largest absolute Gasteiger partial charge is 0.497 e. The molecule has 0 unspecified atom stereocenters. The molecule has 0 fully saturated rings. The molecule has 0 radical (unpaired) electrons. The average Bonchev–Trinajstić information content (AvgIpc) is 2.70. The summed E-state index contributed by atoms with van der Waals surface area (Å²) < 4.78 is 10.2. The molecule has 4 nitrogen and oxygen atoms in total. The summed E-state index contributed by atoms with van der Waals surface area (Å²) in [7, 11) is 1.61. The zero-order chi connectivity index (χ0) is 18.4. The van der Waals surface area contributed by atoms with Crippen molar-refractivity contribution in [1.29, 1.82) is 0 Å². The SMILES string of the molecule is COc1ccc(CCC(=O)OCC(=O)c2ccc3ccccc3c2)cc1. The maximum absolute atomic E-state index is 12.2. The smallest absolute Gasteiger partial charge is 0.306 e. The minimum atomic E-state index is -0.380. The average molecular weight is 348 g/mol. The van der Waals surface area contributed by atoms with E-state index in [1.54, 1.807) is 13.2 Å². The maximum atomic E-state index is 12.2. The van der Waals surface area contributed by atoms with Gasteiger partial charge in [0, 0.05) is 12.0 Å². The molecular weight excluding hydrogens is 328 g/mol. The van der Waals surface area contributed by atoms with Crippen molar-refractivity contribution in [2.75, 3.05) is 13.7 Å². The third kappa shape index (κ3) is 4.48. The molecule has 0 spiro atoms. The predicted molar refractivity (Wildman–Crippen MR) is 101 cm³/mol. The van der Waals surface area contributed by atoms with Crippen molar-refractivity contribution in [1.82, 2.24) is 0 Å².